The second kappa shape index (κ2) is 7.29. The Balaban J connectivity index is 1.53. The summed E-state index contributed by atoms with van der Waals surface area (Å²) in [5.41, 5.74) is 4.52. The number of H-pyrrole nitrogens is 1. The molecule has 0 aromatic carbocycles. The molecule has 3 N–H and O–H groups in total. The van der Waals surface area contributed by atoms with Crippen molar-refractivity contribution >= 4 is 23.4 Å². The monoisotopic (exact) mass is 391 g/mol. The lowest BCUT2D eigenvalue weighted by atomic mass is 9.96. The summed E-state index contributed by atoms with van der Waals surface area (Å²) in [7, 11) is 0. The number of nitrogens with zero attached hydrogens (tertiary/aromatic N) is 5. The van der Waals surface area contributed by atoms with E-state index in [1.807, 2.05) is 0 Å². The first-order valence-corrected chi connectivity index (χ1v) is 10.1. The average Bonchev–Trinajstić information content (AvgIpc) is 3.36. The van der Waals surface area contributed by atoms with Crippen molar-refractivity contribution in [1.29, 1.82) is 0 Å². The number of aromatic amines is 1. The molecule has 0 unspecified atom stereocenters. The Hall–Kier alpha value is -2.43. The predicted octanol–water partition coefficient (Wildman–Crippen LogP) is 0.920. The van der Waals surface area contributed by atoms with Crippen LogP contribution < -0.4 is 17.0 Å². The largest absolute Gasteiger partial charge is 0.384 e. The lowest BCUT2D eigenvalue weighted by Gasteiger charge is -2.21. The number of rotatable bonds is 6. The lowest BCUT2D eigenvalue weighted by Crippen LogP contribution is -2.36. The molecule has 0 spiro atoms. The molecule has 2 aliphatic carbocycles. The number of anilines is 1. The predicted molar refractivity (Wildman–Crippen MR) is 99.0 cm³/mol. The van der Waals surface area contributed by atoms with Crippen LogP contribution in [0.2, 0.25) is 0 Å². The van der Waals surface area contributed by atoms with Gasteiger partial charge in [-0.1, -0.05) is 31.0 Å². The second-order valence-corrected chi connectivity index (χ2v) is 7.97. The van der Waals surface area contributed by atoms with Gasteiger partial charge in [0.2, 0.25) is 5.16 Å². The van der Waals surface area contributed by atoms with E-state index in [9.17, 15) is 14.4 Å². The van der Waals surface area contributed by atoms with E-state index in [0.717, 1.165) is 38.5 Å². The third-order valence-electron chi connectivity index (χ3n) is 5.09. The molecule has 2 saturated carbocycles. The molecule has 0 atom stereocenters. The average molecular weight is 391 g/mol. The summed E-state index contributed by atoms with van der Waals surface area (Å²) in [6.07, 6.45) is 7.17. The number of carbonyl (C=O) groups is 1. The Bertz CT molecular complexity index is 969. The molecule has 0 amide bonds. The molecule has 0 radical (unpaired) electrons. The number of nitrogen functional groups attached to an aromatic ring is 1. The molecule has 10 nitrogen and oxygen atoms in total. The van der Waals surface area contributed by atoms with Crippen LogP contribution in [0.4, 0.5) is 5.82 Å². The maximum absolute atomic E-state index is 12.7. The molecular formula is C16H21N7O3S. The van der Waals surface area contributed by atoms with E-state index >= 15 is 0 Å². The fourth-order valence-electron chi connectivity index (χ4n) is 3.57. The van der Waals surface area contributed by atoms with Gasteiger partial charge in [0.05, 0.1) is 11.8 Å². The van der Waals surface area contributed by atoms with E-state index < -0.39 is 17.0 Å². The van der Waals surface area contributed by atoms with Crippen molar-refractivity contribution < 1.29 is 4.79 Å². The van der Waals surface area contributed by atoms with E-state index in [0.29, 0.717) is 5.16 Å². The third-order valence-corrected chi connectivity index (χ3v) is 6.02. The quantitative estimate of drug-likeness (QED) is 0.547. The first-order valence-electron chi connectivity index (χ1n) is 9.14. The summed E-state index contributed by atoms with van der Waals surface area (Å²) in [6.45, 7) is 0. The van der Waals surface area contributed by atoms with Gasteiger partial charge < -0.3 is 5.73 Å². The number of hydrogen-bond acceptors (Lipinski definition) is 8. The maximum atomic E-state index is 12.7. The van der Waals surface area contributed by atoms with Crippen molar-refractivity contribution in [2.45, 2.75) is 62.2 Å². The fourth-order valence-corrected chi connectivity index (χ4v) is 4.38. The minimum Gasteiger partial charge on any atom is -0.384 e. The Kier molecular flexibility index (Phi) is 4.85. The number of carbonyl (C=O) groups excluding carboxylic acids is 1. The standard InChI is InChI=1S/C16H21N7O3S/c17-13-12(14(25)18-15(26)22(13)9-6-7-9)11(24)8-27-16-19-20-21-23(16)10-4-2-1-3-5-10/h9-10H,1-8,17H2,(H,18,25,26). The molecule has 27 heavy (non-hydrogen) atoms. The summed E-state index contributed by atoms with van der Waals surface area (Å²) in [4.78, 5) is 39.0. The van der Waals surface area contributed by atoms with Crippen LogP contribution >= 0.6 is 11.8 Å². The second-order valence-electron chi connectivity index (χ2n) is 7.03. The van der Waals surface area contributed by atoms with Crippen LogP contribution in [0.15, 0.2) is 14.7 Å². The Morgan fingerprint density at radius 3 is 2.59 bits per heavy atom. The zero-order valence-electron chi connectivity index (χ0n) is 14.8. The van der Waals surface area contributed by atoms with Gasteiger partial charge in [0.1, 0.15) is 11.4 Å². The lowest BCUT2D eigenvalue weighted by molar-refractivity contribution is 0.102. The summed E-state index contributed by atoms with van der Waals surface area (Å²) in [5, 5.41) is 12.4. The molecule has 144 valence electrons. The van der Waals surface area contributed by atoms with Gasteiger partial charge in [-0.05, 0) is 36.1 Å². The topological polar surface area (TPSA) is 142 Å². The van der Waals surface area contributed by atoms with E-state index in [4.69, 9.17) is 5.73 Å². The van der Waals surface area contributed by atoms with Crippen LogP contribution in [0.5, 0.6) is 0 Å². The van der Waals surface area contributed by atoms with Crippen LogP contribution in [-0.4, -0.2) is 41.3 Å². The summed E-state index contributed by atoms with van der Waals surface area (Å²) >= 11 is 1.18. The minimum absolute atomic E-state index is 0.0246. The molecule has 0 aliphatic heterocycles. The summed E-state index contributed by atoms with van der Waals surface area (Å²) in [6, 6.07) is 0.212. The van der Waals surface area contributed by atoms with Crippen LogP contribution in [0, 0.1) is 0 Å². The number of nitrogens with one attached hydrogen (secondary N) is 1. The van der Waals surface area contributed by atoms with E-state index in [2.05, 4.69) is 20.5 Å². The summed E-state index contributed by atoms with van der Waals surface area (Å²) in [5.74, 6) is -0.515. The van der Waals surface area contributed by atoms with Crippen molar-refractivity contribution in [2.75, 3.05) is 11.5 Å². The van der Waals surface area contributed by atoms with Gasteiger partial charge >= 0.3 is 5.69 Å². The Morgan fingerprint density at radius 1 is 1.15 bits per heavy atom. The molecule has 2 fully saturated rings. The van der Waals surface area contributed by atoms with Gasteiger partial charge in [-0.25, -0.2) is 9.48 Å². The minimum atomic E-state index is -0.744. The number of hydrogen-bond donors (Lipinski definition) is 2. The molecule has 2 heterocycles. The third kappa shape index (κ3) is 3.55. The first-order chi connectivity index (χ1) is 13.1. The number of Topliss-reactive ketones (excluding diaryl/α,β-unsaturated/α-hetero) is 1. The van der Waals surface area contributed by atoms with Gasteiger partial charge in [0.15, 0.2) is 5.78 Å². The molecule has 0 bridgehead atoms. The highest BCUT2D eigenvalue weighted by Gasteiger charge is 2.30. The number of aromatic nitrogens is 6. The van der Waals surface area contributed by atoms with Crippen LogP contribution in [0.25, 0.3) is 0 Å². The zero-order chi connectivity index (χ0) is 19.0. The first kappa shape index (κ1) is 18.0. The zero-order valence-corrected chi connectivity index (χ0v) is 15.6. The number of ketones is 1. The summed E-state index contributed by atoms with van der Waals surface area (Å²) < 4.78 is 3.08. The Morgan fingerprint density at radius 2 is 1.89 bits per heavy atom. The SMILES string of the molecule is Nc1c(C(=O)CSc2nnnn2C2CCCCC2)c(=O)[nH]c(=O)n1C1CC1. The molecule has 2 aromatic heterocycles. The van der Waals surface area contributed by atoms with Crippen molar-refractivity contribution in [1.82, 2.24) is 29.8 Å². The van der Waals surface area contributed by atoms with E-state index in [1.165, 1.54) is 22.7 Å². The van der Waals surface area contributed by atoms with Crippen molar-refractivity contribution in [2.24, 2.45) is 0 Å². The number of nitrogens with two attached hydrogens (primary N) is 1. The van der Waals surface area contributed by atoms with E-state index in [1.54, 1.807) is 4.68 Å². The number of thioether (sulfide) groups is 1. The molecular weight excluding hydrogens is 370 g/mol. The molecule has 2 aromatic rings. The molecule has 2 aliphatic rings. The van der Waals surface area contributed by atoms with Gasteiger partial charge in [0, 0.05) is 6.04 Å². The van der Waals surface area contributed by atoms with Crippen LogP contribution in [0.1, 0.15) is 67.4 Å². The van der Waals surface area contributed by atoms with Crippen molar-refractivity contribution in [3.63, 3.8) is 0 Å². The van der Waals surface area contributed by atoms with Crippen LogP contribution in [-0.2, 0) is 0 Å². The van der Waals surface area contributed by atoms with Crippen LogP contribution in [0.3, 0.4) is 0 Å². The smallest absolute Gasteiger partial charge is 0.330 e. The maximum Gasteiger partial charge on any atom is 0.330 e. The normalized spacial score (nSPS) is 17.9. The van der Waals surface area contributed by atoms with Crippen molar-refractivity contribution in [3.05, 3.63) is 26.4 Å². The van der Waals surface area contributed by atoms with Gasteiger partial charge in [0.25, 0.3) is 5.56 Å². The molecule has 11 heteroatoms. The van der Waals surface area contributed by atoms with Crippen molar-refractivity contribution in [3.8, 4) is 0 Å². The molecule has 4 rings (SSSR count). The highest BCUT2D eigenvalue weighted by Crippen LogP contribution is 2.35. The Labute approximate surface area is 158 Å². The molecule has 0 saturated heterocycles. The highest BCUT2D eigenvalue weighted by atomic mass is 32.2. The van der Waals surface area contributed by atoms with Gasteiger partial charge in [-0.2, -0.15) is 0 Å². The fraction of sp³-hybridized carbons (Fsp3) is 0.625. The number of tetrazole rings is 1. The van der Waals surface area contributed by atoms with Gasteiger partial charge in [-0.15, -0.1) is 5.10 Å². The highest BCUT2D eigenvalue weighted by molar-refractivity contribution is 7.99. The van der Waals surface area contributed by atoms with E-state index in [-0.39, 0.29) is 29.2 Å². The van der Waals surface area contributed by atoms with Gasteiger partial charge in [-0.3, -0.25) is 19.1 Å².